The molecule has 2 aromatic rings. The zero-order valence-electron chi connectivity index (χ0n) is 19.5. The van der Waals surface area contributed by atoms with Gasteiger partial charge in [-0.05, 0) is 30.7 Å². The summed E-state index contributed by atoms with van der Waals surface area (Å²) < 4.78 is 30.1. The van der Waals surface area contributed by atoms with Crippen molar-refractivity contribution in [3.63, 3.8) is 0 Å². The molecule has 1 fully saturated rings. The van der Waals surface area contributed by atoms with E-state index in [0.717, 1.165) is 12.4 Å². The number of piperazine rings is 1. The number of hydrogen-bond donors (Lipinski definition) is 0. The first kappa shape index (κ1) is 25.4. The third kappa shape index (κ3) is 5.15. The van der Waals surface area contributed by atoms with Crippen molar-refractivity contribution in [3.05, 3.63) is 52.7 Å². The number of rotatable bonds is 6. The van der Waals surface area contributed by atoms with E-state index in [4.69, 9.17) is 5.26 Å². The Labute approximate surface area is 206 Å². The van der Waals surface area contributed by atoms with Crippen LogP contribution in [0, 0.1) is 25.2 Å². The topological polar surface area (TPSA) is 97.6 Å². The van der Waals surface area contributed by atoms with E-state index < -0.39 is 10.0 Å². The summed E-state index contributed by atoms with van der Waals surface area (Å²) in [7, 11) is -3.72. The predicted molar refractivity (Wildman–Crippen MR) is 123 cm³/mol. The first-order valence-electron chi connectivity index (χ1n) is 10.7. The van der Waals surface area contributed by atoms with E-state index in [9.17, 15) is 13.2 Å². The van der Waals surface area contributed by atoms with Crippen LogP contribution in [0.5, 0.6) is 0 Å². The van der Waals surface area contributed by atoms with Crippen LogP contribution in [-0.2, 0) is 10.0 Å². The molecule has 33 heavy (non-hydrogen) atoms. The Hall–Kier alpha value is -2.23. The van der Waals surface area contributed by atoms with Crippen molar-refractivity contribution in [2.75, 3.05) is 34.2 Å². The number of sulfonamides is 1. The second-order valence-corrected chi connectivity index (χ2v) is 12.0. The second kappa shape index (κ2) is 10.4. The molecule has 0 spiro atoms. The van der Waals surface area contributed by atoms with E-state index in [1.165, 1.54) is 16.4 Å². The van der Waals surface area contributed by atoms with Crippen molar-refractivity contribution in [3.8, 4) is 6.07 Å². The van der Waals surface area contributed by atoms with Crippen LogP contribution in [0.1, 0.15) is 41.0 Å². The SMILES string of the molecule is CCN([I-]C)c1ccc(C(=O)N2CCN(S(=O)(=O)c3ccc(C#N)cc3C)C[C@@H]2C)c(C)n1. The third-order valence-corrected chi connectivity index (χ3v) is 10.2. The summed E-state index contributed by atoms with van der Waals surface area (Å²) in [6, 6.07) is 10.1. The molecule has 0 N–H and O–H groups in total. The van der Waals surface area contributed by atoms with Crippen LogP contribution in [-0.4, -0.2) is 65.7 Å². The summed E-state index contributed by atoms with van der Waals surface area (Å²) in [5, 5.41) is 9.05. The van der Waals surface area contributed by atoms with E-state index in [2.05, 4.69) is 20.0 Å². The molecule has 1 atom stereocenters. The molecule has 3 rings (SSSR count). The molecule has 1 aliphatic rings. The average Bonchev–Trinajstić information content (AvgIpc) is 2.79. The molecule has 0 unspecified atom stereocenters. The van der Waals surface area contributed by atoms with Gasteiger partial charge in [-0.25, -0.2) is 0 Å². The van der Waals surface area contributed by atoms with Crippen molar-refractivity contribution in [2.24, 2.45) is 0 Å². The molecular formula is C23H29IN5O3S-. The minimum atomic E-state index is -3.72. The summed E-state index contributed by atoms with van der Waals surface area (Å²) in [6.45, 7) is 9.10. The fourth-order valence-corrected chi connectivity index (χ4v) is 7.19. The van der Waals surface area contributed by atoms with E-state index in [1.54, 1.807) is 17.9 Å². The second-order valence-electron chi connectivity index (χ2n) is 7.95. The number of amides is 1. The van der Waals surface area contributed by atoms with Gasteiger partial charge in [0.15, 0.2) is 0 Å². The number of anilines is 1. The molecule has 8 nitrogen and oxygen atoms in total. The Bertz CT molecular complexity index is 1190. The van der Waals surface area contributed by atoms with Gasteiger partial charge in [0, 0.05) is 0 Å². The van der Waals surface area contributed by atoms with E-state index in [0.29, 0.717) is 28.9 Å². The standard InChI is InChI=1S/C23H29IN5O3S/c1-6-29(24-5)22-10-8-20(18(4)26-22)23(30)28-12-11-27(15-17(28)3)33(31,32)21-9-7-19(14-25)13-16(21)2/h7-10,13,17H,6,11-12,15H2,1-5H3/q-1/t17-/m0/s1. The zero-order valence-corrected chi connectivity index (χ0v) is 22.5. The first-order valence-corrected chi connectivity index (χ1v) is 15.3. The first-order chi connectivity index (χ1) is 15.6. The van der Waals surface area contributed by atoms with Crippen LogP contribution in [0.2, 0.25) is 0 Å². The van der Waals surface area contributed by atoms with Gasteiger partial charge in [-0.3, -0.25) is 0 Å². The van der Waals surface area contributed by atoms with Crippen molar-refractivity contribution in [1.29, 1.82) is 5.26 Å². The summed E-state index contributed by atoms with van der Waals surface area (Å²) in [6.07, 6.45) is 0. The average molecular weight is 582 g/mol. The van der Waals surface area contributed by atoms with Gasteiger partial charge in [0.2, 0.25) is 0 Å². The van der Waals surface area contributed by atoms with E-state index in [-0.39, 0.29) is 51.4 Å². The number of carbonyl (C=O) groups is 1. The van der Waals surface area contributed by atoms with Gasteiger partial charge < -0.3 is 0 Å². The number of hydrogen-bond acceptors (Lipinski definition) is 6. The quantitative estimate of drug-likeness (QED) is 0.261. The van der Waals surface area contributed by atoms with Crippen LogP contribution < -0.4 is 24.6 Å². The molecule has 1 aromatic carbocycles. The Morgan fingerprint density at radius 1 is 1.27 bits per heavy atom. The monoisotopic (exact) mass is 582 g/mol. The number of aromatic nitrogens is 1. The molecule has 178 valence electrons. The summed E-state index contributed by atoms with van der Waals surface area (Å²) >= 11 is -0.140. The number of carbonyl (C=O) groups excluding carboxylic acids is 1. The number of aryl methyl sites for hydroxylation is 2. The van der Waals surface area contributed by atoms with Crippen LogP contribution in [0.3, 0.4) is 0 Å². The number of nitriles is 1. The van der Waals surface area contributed by atoms with Crippen LogP contribution >= 0.6 is 0 Å². The van der Waals surface area contributed by atoms with Gasteiger partial charge in [0.25, 0.3) is 0 Å². The molecule has 2 heterocycles. The number of benzene rings is 1. The molecular weight excluding hydrogens is 553 g/mol. The number of alkyl halides is 1. The number of pyridine rings is 1. The Balaban J connectivity index is 1.78. The normalized spacial score (nSPS) is 17.1. The van der Waals surface area contributed by atoms with Crippen LogP contribution in [0.4, 0.5) is 5.82 Å². The molecule has 1 amide bonds. The minimum absolute atomic E-state index is 0.125. The molecule has 0 bridgehead atoms. The summed E-state index contributed by atoms with van der Waals surface area (Å²) in [5.74, 6) is 0.767. The number of nitrogens with zero attached hydrogens (tertiary/aromatic N) is 5. The van der Waals surface area contributed by atoms with Crippen LogP contribution in [0.25, 0.3) is 0 Å². The van der Waals surface area contributed by atoms with E-state index in [1.807, 2.05) is 32.0 Å². The molecule has 1 saturated heterocycles. The third-order valence-electron chi connectivity index (χ3n) is 5.80. The predicted octanol–water partition coefficient (Wildman–Crippen LogP) is -0.435. The zero-order chi connectivity index (χ0) is 24.3. The van der Waals surface area contributed by atoms with Crippen molar-refractivity contribution >= 4 is 21.7 Å². The fourth-order valence-electron chi connectivity index (χ4n) is 4.02. The Morgan fingerprint density at radius 2 is 2.00 bits per heavy atom. The fraction of sp³-hybridized carbons (Fsp3) is 0.435. The maximum atomic E-state index is 13.3. The van der Waals surface area contributed by atoms with Crippen molar-refractivity contribution in [2.45, 2.75) is 38.6 Å². The van der Waals surface area contributed by atoms with Gasteiger partial charge >= 0.3 is 160 Å². The van der Waals surface area contributed by atoms with E-state index >= 15 is 0 Å². The van der Waals surface area contributed by atoms with Gasteiger partial charge in [-0.1, -0.05) is 0 Å². The van der Waals surface area contributed by atoms with Crippen molar-refractivity contribution < 1.29 is 34.7 Å². The molecule has 0 aliphatic carbocycles. The van der Waals surface area contributed by atoms with Crippen molar-refractivity contribution in [1.82, 2.24) is 14.2 Å². The number of halogens is 1. The molecule has 0 saturated carbocycles. The molecule has 1 aliphatic heterocycles. The Morgan fingerprint density at radius 3 is 2.55 bits per heavy atom. The van der Waals surface area contributed by atoms with Crippen LogP contribution in [0.15, 0.2) is 35.2 Å². The summed E-state index contributed by atoms with van der Waals surface area (Å²) in [4.78, 5) is 22.0. The molecule has 10 heteroatoms. The van der Waals surface area contributed by atoms with Gasteiger partial charge in [-0.2, -0.15) is 5.26 Å². The van der Waals surface area contributed by atoms with Gasteiger partial charge in [0.05, 0.1) is 11.6 Å². The molecule has 0 radical (unpaired) electrons. The van der Waals surface area contributed by atoms with Gasteiger partial charge in [-0.15, -0.1) is 0 Å². The molecule has 1 aromatic heterocycles. The Kier molecular flexibility index (Phi) is 7.97. The maximum absolute atomic E-state index is 13.3. The van der Waals surface area contributed by atoms with Gasteiger partial charge in [0.1, 0.15) is 0 Å². The summed E-state index contributed by atoms with van der Waals surface area (Å²) in [5.41, 5.74) is 2.20.